The minimum absolute atomic E-state index is 0.0216. The summed E-state index contributed by atoms with van der Waals surface area (Å²) in [7, 11) is 1.57. The van der Waals surface area contributed by atoms with Gasteiger partial charge in [0.25, 0.3) is 0 Å². The quantitative estimate of drug-likeness (QED) is 0.695. The Morgan fingerprint density at radius 3 is 3.11 bits per heavy atom. The van der Waals surface area contributed by atoms with E-state index in [0.29, 0.717) is 25.3 Å². The molecule has 0 unspecified atom stereocenters. The van der Waals surface area contributed by atoms with Crippen molar-refractivity contribution in [1.29, 1.82) is 0 Å². The molecule has 1 aliphatic heterocycles. The molecular weight excluding hydrogens is 234 g/mol. The molecule has 1 aliphatic rings. The fourth-order valence-corrected chi connectivity index (χ4v) is 1.75. The highest BCUT2D eigenvalue weighted by atomic mass is 16.5. The van der Waals surface area contributed by atoms with E-state index in [9.17, 15) is 9.59 Å². The molecule has 0 spiro atoms. The van der Waals surface area contributed by atoms with Gasteiger partial charge in [-0.25, -0.2) is 4.79 Å². The third-order valence-corrected chi connectivity index (χ3v) is 2.58. The van der Waals surface area contributed by atoms with Gasteiger partial charge in [-0.2, -0.15) is 0 Å². The summed E-state index contributed by atoms with van der Waals surface area (Å²) in [6.07, 6.45) is 0.357. The lowest BCUT2D eigenvalue weighted by Gasteiger charge is -2.08. The van der Waals surface area contributed by atoms with Crippen molar-refractivity contribution in [2.45, 2.75) is 6.42 Å². The van der Waals surface area contributed by atoms with E-state index in [-0.39, 0.29) is 11.9 Å². The lowest BCUT2D eigenvalue weighted by Crippen LogP contribution is -2.31. The molecule has 0 aromatic heterocycles. The predicted molar refractivity (Wildman–Crippen MR) is 67.7 cm³/mol. The lowest BCUT2D eigenvalue weighted by atomic mass is 10.1. The normalized spacial score (nSPS) is 12.8. The Bertz CT molecular complexity index is 474. The molecule has 0 radical (unpaired) electrons. The zero-order valence-corrected chi connectivity index (χ0v) is 10.1. The Hall–Kier alpha value is -2.08. The Kier molecular flexibility index (Phi) is 3.78. The zero-order valence-electron chi connectivity index (χ0n) is 10.1. The average Bonchev–Trinajstić information content (AvgIpc) is 2.69. The van der Waals surface area contributed by atoms with Gasteiger partial charge in [-0.1, -0.05) is 0 Å². The van der Waals surface area contributed by atoms with Crippen LogP contribution in [0.15, 0.2) is 18.2 Å². The van der Waals surface area contributed by atoms with Gasteiger partial charge in [-0.15, -0.1) is 0 Å². The number of benzene rings is 1. The fourth-order valence-electron chi connectivity index (χ4n) is 1.75. The third kappa shape index (κ3) is 2.98. The summed E-state index contributed by atoms with van der Waals surface area (Å²) in [5.74, 6) is -0.0216. The van der Waals surface area contributed by atoms with Crippen LogP contribution < -0.4 is 16.0 Å². The molecule has 18 heavy (non-hydrogen) atoms. The van der Waals surface area contributed by atoms with Crippen LogP contribution in [0.25, 0.3) is 0 Å². The summed E-state index contributed by atoms with van der Waals surface area (Å²) in [4.78, 5) is 22.7. The molecule has 0 bridgehead atoms. The molecule has 3 amide bonds. The predicted octanol–water partition coefficient (Wildman–Crippen LogP) is 0.949. The molecular formula is C12H15N3O3. The van der Waals surface area contributed by atoms with Crippen LogP contribution in [-0.4, -0.2) is 32.2 Å². The van der Waals surface area contributed by atoms with Crippen LogP contribution in [0.4, 0.5) is 16.2 Å². The number of fused-ring (bicyclic) bond motifs is 1. The van der Waals surface area contributed by atoms with Crippen molar-refractivity contribution in [3.8, 4) is 0 Å². The first-order valence-corrected chi connectivity index (χ1v) is 5.65. The maximum absolute atomic E-state index is 11.5. The Labute approximate surface area is 105 Å². The van der Waals surface area contributed by atoms with Crippen LogP contribution in [0.2, 0.25) is 0 Å². The number of carbonyl (C=O) groups excluding carboxylic acids is 2. The molecule has 3 N–H and O–H groups in total. The van der Waals surface area contributed by atoms with E-state index in [2.05, 4.69) is 16.0 Å². The molecule has 0 aliphatic carbocycles. The fraction of sp³-hybridized carbons (Fsp3) is 0.333. The van der Waals surface area contributed by atoms with Gasteiger partial charge in [-0.3, -0.25) is 4.79 Å². The van der Waals surface area contributed by atoms with E-state index in [4.69, 9.17) is 4.74 Å². The number of nitrogens with one attached hydrogen (secondary N) is 3. The highest BCUT2D eigenvalue weighted by molar-refractivity contribution is 6.00. The van der Waals surface area contributed by atoms with Gasteiger partial charge in [0.1, 0.15) is 0 Å². The van der Waals surface area contributed by atoms with E-state index in [1.54, 1.807) is 25.3 Å². The molecule has 0 atom stereocenters. The van der Waals surface area contributed by atoms with Gasteiger partial charge in [0, 0.05) is 25.0 Å². The maximum Gasteiger partial charge on any atom is 0.319 e. The summed E-state index contributed by atoms with van der Waals surface area (Å²) in [5.41, 5.74) is 2.38. The van der Waals surface area contributed by atoms with Crippen LogP contribution in [0.3, 0.4) is 0 Å². The van der Waals surface area contributed by atoms with E-state index in [1.165, 1.54) is 0 Å². The molecule has 6 nitrogen and oxygen atoms in total. The largest absolute Gasteiger partial charge is 0.383 e. The van der Waals surface area contributed by atoms with Gasteiger partial charge < -0.3 is 20.7 Å². The van der Waals surface area contributed by atoms with Crippen molar-refractivity contribution in [1.82, 2.24) is 5.32 Å². The van der Waals surface area contributed by atoms with Crippen LogP contribution in [-0.2, 0) is 16.0 Å². The summed E-state index contributed by atoms with van der Waals surface area (Å²) < 4.78 is 4.83. The SMILES string of the molecule is COCCNC(=O)Nc1ccc2c(c1)CC(=O)N2. The van der Waals surface area contributed by atoms with Crippen molar-refractivity contribution < 1.29 is 14.3 Å². The first-order chi connectivity index (χ1) is 8.69. The molecule has 0 saturated heterocycles. The van der Waals surface area contributed by atoms with Crippen LogP contribution in [0.1, 0.15) is 5.56 Å². The topological polar surface area (TPSA) is 79.5 Å². The van der Waals surface area contributed by atoms with Crippen LogP contribution in [0, 0.1) is 0 Å². The molecule has 1 aromatic rings. The summed E-state index contributed by atoms with van der Waals surface area (Å²) in [6.45, 7) is 0.920. The average molecular weight is 249 g/mol. The minimum atomic E-state index is -0.288. The number of hydrogen-bond acceptors (Lipinski definition) is 3. The molecule has 1 aromatic carbocycles. The molecule has 6 heteroatoms. The van der Waals surface area contributed by atoms with Gasteiger partial charge in [0.05, 0.1) is 13.0 Å². The number of carbonyl (C=O) groups is 2. The second kappa shape index (κ2) is 5.50. The zero-order chi connectivity index (χ0) is 13.0. The number of urea groups is 1. The standard InChI is InChI=1S/C12H15N3O3/c1-18-5-4-13-12(17)14-9-2-3-10-8(6-9)7-11(16)15-10/h2-3,6H,4-5,7H2,1H3,(H,15,16)(H2,13,14,17). The van der Waals surface area contributed by atoms with Gasteiger partial charge in [0.2, 0.25) is 5.91 Å². The molecule has 96 valence electrons. The third-order valence-electron chi connectivity index (χ3n) is 2.58. The van der Waals surface area contributed by atoms with Gasteiger partial charge >= 0.3 is 6.03 Å². The first kappa shape index (κ1) is 12.4. The number of rotatable bonds is 4. The number of methoxy groups -OCH3 is 1. The number of ether oxygens (including phenoxy) is 1. The van der Waals surface area contributed by atoms with Crippen molar-refractivity contribution in [3.05, 3.63) is 23.8 Å². The van der Waals surface area contributed by atoms with Crippen LogP contribution >= 0.6 is 0 Å². The Morgan fingerprint density at radius 2 is 2.33 bits per heavy atom. The summed E-state index contributed by atoms with van der Waals surface area (Å²) >= 11 is 0. The molecule has 1 heterocycles. The number of anilines is 2. The van der Waals surface area contributed by atoms with E-state index in [0.717, 1.165) is 11.3 Å². The highest BCUT2D eigenvalue weighted by Gasteiger charge is 2.17. The molecule has 0 fully saturated rings. The van der Waals surface area contributed by atoms with Crippen molar-refractivity contribution in [3.63, 3.8) is 0 Å². The molecule has 0 saturated carbocycles. The lowest BCUT2D eigenvalue weighted by molar-refractivity contribution is -0.115. The van der Waals surface area contributed by atoms with E-state index < -0.39 is 0 Å². The van der Waals surface area contributed by atoms with Crippen molar-refractivity contribution in [2.24, 2.45) is 0 Å². The number of hydrogen-bond donors (Lipinski definition) is 3. The minimum Gasteiger partial charge on any atom is -0.383 e. The van der Waals surface area contributed by atoms with E-state index in [1.807, 2.05) is 0 Å². The van der Waals surface area contributed by atoms with Crippen molar-refractivity contribution in [2.75, 3.05) is 30.9 Å². The smallest absolute Gasteiger partial charge is 0.319 e. The first-order valence-electron chi connectivity index (χ1n) is 5.65. The Morgan fingerprint density at radius 1 is 1.50 bits per heavy atom. The van der Waals surface area contributed by atoms with E-state index >= 15 is 0 Å². The monoisotopic (exact) mass is 249 g/mol. The summed E-state index contributed by atoms with van der Waals surface area (Å²) in [6, 6.07) is 5.04. The summed E-state index contributed by atoms with van der Waals surface area (Å²) in [5, 5.41) is 8.09. The second-order valence-corrected chi connectivity index (χ2v) is 3.97. The van der Waals surface area contributed by atoms with Crippen molar-refractivity contribution >= 4 is 23.3 Å². The maximum atomic E-state index is 11.5. The Balaban J connectivity index is 1.92. The number of amides is 3. The van der Waals surface area contributed by atoms with Gasteiger partial charge in [-0.05, 0) is 23.8 Å². The molecule has 2 rings (SSSR count). The van der Waals surface area contributed by atoms with Crippen LogP contribution in [0.5, 0.6) is 0 Å². The highest BCUT2D eigenvalue weighted by Crippen LogP contribution is 2.25. The van der Waals surface area contributed by atoms with Gasteiger partial charge in [0.15, 0.2) is 0 Å². The second-order valence-electron chi connectivity index (χ2n) is 3.97.